The average Bonchev–Trinajstić information content (AvgIpc) is 3.06. The minimum Gasteiger partial charge on any atom is -0.462 e. The largest absolute Gasteiger partial charge is 0.462 e. The van der Waals surface area contributed by atoms with Gasteiger partial charge in [-0.05, 0) is 19.4 Å². The maximum Gasteiger partial charge on any atom is 0.340 e. The van der Waals surface area contributed by atoms with E-state index < -0.39 is 17.7 Å². The van der Waals surface area contributed by atoms with Gasteiger partial charge in [-0.1, -0.05) is 30.3 Å². The zero-order valence-corrected chi connectivity index (χ0v) is 15.9. The van der Waals surface area contributed by atoms with E-state index in [-0.39, 0.29) is 17.9 Å². The third-order valence-corrected chi connectivity index (χ3v) is 4.43. The van der Waals surface area contributed by atoms with Gasteiger partial charge in [0, 0.05) is 24.3 Å². The molecule has 2 N–H and O–H groups in total. The Kier molecular flexibility index (Phi) is 6.23. The number of H-pyrrole nitrogens is 1. The molecule has 0 atom stereocenters. The zero-order valence-electron chi connectivity index (χ0n) is 15.9. The number of carbonyl (C=O) groups is 3. The van der Waals surface area contributed by atoms with Gasteiger partial charge in [-0.25, -0.2) is 9.80 Å². The average molecular weight is 385 g/mol. The van der Waals surface area contributed by atoms with Crippen LogP contribution in [0.15, 0.2) is 30.3 Å². The Morgan fingerprint density at radius 2 is 1.86 bits per heavy atom. The highest BCUT2D eigenvalue weighted by Gasteiger charge is 2.30. The summed E-state index contributed by atoms with van der Waals surface area (Å²) in [6, 6.07) is 8.99. The SMILES string of the molecule is CCOC(=O)c1c(C)[nH]c(C(=O)C(=O)NN2CCOCC2)c1-c1ccccc1. The Morgan fingerprint density at radius 1 is 1.18 bits per heavy atom. The molecule has 28 heavy (non-hydrogen) atoms. The van der Waals surface area contributed by atoms with E-state index in [0.29, 0.717) is 43.1 Å². The highest BCUT2D eigenvalue weighted by molar-refractivity contribution is 6.43. The number of aryl methyl sites for hydroxylation is 1. The molecule has 1 fully saturated rings. The van der Waals surface area contributed by atoms with Crippen molar-refractivity contribution in [1.82, 2.24) is 15.4 Å². The third-order valence-electron chi connectivity index (χ3n) is 4.43. The molecule has 8 heteroatoms. The molecule has 2 heterocycles. The number of aromatic nitrogens is 1. The number of Topliss-reactive ketones (excluding diaryl/α,β-unsaturated/α-hetero) is 1. The van der Waals surface area contributed by atoms with Crippen molar-refractivity contribution < 1.29 is 23.9 Å². The number of amides is 1. The molecule has 0 bridgehead atoms. The Bertz CT molecular complexity index is 869. The van der Waals surface area contributed by atoms with Crippen LogP contribution in [0, 0.1) is 6.92 Å². The van der Waals surface area contributed by atoms with Gasteiger partial charge in [0.05, 0.1) is 25.4 Å². The number of hydrazine groups is 1. The van der Waals surface area contributed by atoms with E-state index in [0.717, 1.165) is 0 Å². The Labute approximate surface area is 162 Å². The number of ketones is 1. The standard InChI is InChI=1S/C20H23N3O5/c1-3-28-20(26)15-13(2)21-17(16(15)14-7-5-4-6-8-14)18(24)19(25)22-23-9-11-27-12-10-23/h4-8,21H,3,9-12H2,1-2H3,(H,22,25). The first kappa shape index (κ1) is 19.8. The van der Waals surface area contributed by atoms with E-state index in [1.54, 1.807) is 43.1 Å². The minimum atomic E-state index is -0.768. The first-order chi connectivity index (χ1) is 13.5. The number of hydrogen-bond acceptors (Lipinski definition) is 6. The van der Waals surface area contributed by atoms with E-state index >= 15 is 0 Å². The molecule has 0 unspecified atom stereocenters. The van der Waals surface area contributed by atoms with Gasteiger partial charge in [0.2, 0.25) is 0 Å². The number of hydrogen-bond donors (Lipinski definition) is 2. The Hall–Kier alpha value is -2.97. The lowest BCUT2D eigenvalue weighted by Gasteiger charge is -2.26. The lowest BCUT2D eigenvalue weighted by Crippen LogP contribution is -2.50. The quantitative estimate of drug-likeness (QED) is 0.446. The van der Waals surface area contributed by atoms with Crippen LogP contribution in [-0.4, -0.2) is 60.6 Å². The van der Waals surface area contributed by atoms with Crippen LogP contribution >= 0.6 is 0 Å². The summed E-state index contributed by atoms with van der Waals surface area (Å²) in [4.78, 5) is 40.9. The number of nitrogens with one attached hydrogen (secondary N) is 2. The molecule has 2 aromatic rings. The van der Waals surface area contributed by atoms with Crippen LogP contribution in [0.5, 0.6) is 0 Å². The molecule has 1 saturated heterocycles. The summed E-state index contributed by atoms with van der Waals surface area (Å²) >= 11 is 0. The fourth-order valence-corrected chi connectivity index (χ4v) is 3.13. The fraction of sp³-hybridized carbons (Fsp3) is 0.350. The summed E-state index contributed by atoms with van der Waals surface area (Å²) in [5.41, 5.74) is 4.43. The summed E-state index contributed by atoms with van der Waals surface area (Å²) in [6.07, 6.45) is 0. The van der Waals surface area contributed by atoms with E-state index in [9.17, 15) is 14.4 Å². The second kappa shape index (κ2) is 8.81. The van der Waals surface area contributed by atoms with Crippen LogP contribution in [0.4, 0.5) is 0 Å². The van der Waals surface area contributed by atoms with Gasteiger partial charge in [0.1, 0.15) is 5.69 Å². The van der Waals surface area contributed by atoms with Crippen molar-refractivity contribution in [3.05, 3.63) is 47.3 Å². The third kappa shape index (κ3) is 4.13. The Morgan fingerprint density at radius 3 is 2.50 bits per heavy atom. The molecule has 0 radical (unpaired) electrons. The maximum atomic E-state index is 12.9. The van der Waals surface area contributed by atoms with E-state index in [2.05, 4.69) is 10.4 Å². The summed E-state index contributed by atoms with van der Waals surface area (Å²) in [7, 11) is 0. The fourth-order valence-electron chi connectivity index (χ4n) is 3.13. The van der Waals surface area contributed by atoms with Crippen LogP contribution in [0.2, 0.25) is 0 Å². The number of carbonyl (C=O) groups excluding carboxylic acids is 3. The summed E-state index contributed by atoms with van der Waals surface area (Å²) in [5, 5.41) is 1.65. The molecule has 1 aromatic carbocycles. The highest BCUT2D eigenvalue weighted by atomic mass is 16.5. The highest BCUT2D eigenvalue weighted by Crippen LogP contribution is 2.31. The minimum absolute atomic E-state index is 0.0671. The van der Waals surface area contributed by atoms with E-state index in [1.807, 2.05) is 6.07 Å². The van der Waals surface area contributed by atoms with Crippen LogP contribution < -0.4 is 5.43 Å². The number of nitrogens with zero attached hydrogens (tertiary/aromatic N) is 1. The van der Waals surface area contributed by atoms with Crippen LogP contribution in [0.3, 0.4) is 0 Å². The molecule has 8 nitrogen and oxygen atoms in total. The molecule has 3 rings (SSSR count). The lowest BCUT2D eigenvalue weighted by molar-refractivity contribution is -0.123. The molecule has 1 aliphatic heterocycles. The predicted molar refractivity (Wildman–Crippen MR) is 102 cm³/mol. The van der Waals surface area contributed by atoms with Crippen LogP contribution in [0.25, 0.3) is 11.1 Å². The van der Waals surface area contributed by atoms with Crippen molar-refractivity contribution in [3.63, 3.8) is 0 Å². The zero-order chi connectivity index (χ0) is 20.1. The molecule has 1 amide bonds. The van der Waals surface area contributed by atoms with Gasteiger partial charge >= 0.3 is 11.9 Å². The second-order valence-corrected chi connectivity index (χ2v) is 6.33. The van der Waals surface area contributed by atoms with E-state index in [4.69, 9.17) is 9.47 Å². The molecule has 148 valence electrons. The van der Waals surface area contributed by atoms with Gasteiger partial charge in [-0.15, -0.1) is 0 Å². The number of rotatable bonds is 6. The normalized spacial score (nSPS) is 14.5. The molecule has 0 spiro atoms. The molecule has 1 aliphatic rings. The second-order valence-electron chi connectivity index (χ2n) is 6.33. The monoisotopic (exact) mass is 385 g/mol. The number of aromatic amines is 1. The van der Waals surface area contributed by atoms with Crippen molar-refractivity contribution in [3.8, 4) is 11.1 Å². The number of ether oxygens (including phenoxy) is 2. The smallest absolute Gasteiger partial charge is 0.340 e. The summed E-state index contributed by atoms with van der Waals surface area (Å²) in [6.45, 7) is 5.57. The Balaban J connectivity index is 1.97. The van der Waals surface area contributed by atoms with Crippen molar-refractivity contribution in [2.45, 2.75) is 13.8 Å². The van der Waals surface area contributed by atoms with Gasteiger partial charge < -0.3 is 14.5 Å². The van der Waals surface area contributed by atoms with Crippen molar-refractivity contribution >= 4 is 17.7 Å². The first-order valence-electron chi connectivity index (χ1n) is 9.16. The number of morpholine rings is 1. The molecule has 1 aromatic heterocycles. The molecular formula is C20H23N3O5. The summed E-state index contributed by atoms with van der Waals surface area (Å²) in [5.74, 6) is -2.05. The molecule has 0 aliphatic carbocycles. The first-order valence-corrected chi connectivity index (χ1v) is 9.16. The van der Waals surface area contributed by atoms with Gasteiger partial charge in [0.25, 0.3) is 5.78 Å². The number of esters is 1. The lowest BCUT2D eigenvalue weighted by atomic mass is 9.98. The van der Waals surface area contributed by atoms with E-state index in [1.165, 1.54) is 0 Å². The van der Waals surface area contributed by atoms with Crippen molar-refractivity contribution in [2.24, 2.45) is 0 Å². The molecule has 0 saturated carbocycles. The van der Waals surface area contributed by atoms with Crippen molar-refractivity contribution in [2.75, 3.05) is 32.9 Å². The summed E-state index contributed by atoms with van der Waals surface area (Å²) < 4.78 is 10.4. The maximum absolute atomic E-state index is 12.9. The topological polar surface area (TPSA) is 101 Å². The van der Waals surface area contributed by atoms with Crippen LogP contribution in [-0.2, 0) is 14.3 Å². The predicted octanol–water partition coefficient (Wildman–Crippen LogP) is 1.71. The van der Waals surface area contributed by atoms with Gasteiger partial charge in [-0.2, -0.15) is 0 Å². The van der Waals surface area contributed by atoms with Crippen molar-refractivity contribution in [1.29, 1.82) is 0 Å². The number of benzene rings is 1. The van der Waals surface area contributed by atoms with Gasteiger partial charge in [0.15, 0.2) is 0 Å². The van der Waals surface area contributed by atoms with Gasteiger partial charge in [-0.3, -0.25) is 15.0 Å². The van der Waals surface area contributed by atoms with Crippen LogP contribution in [0.1, 0.15) is 33.5 Å². The molecular weight excluding hydrogens is 362 g/mol.